The maximum atomic E-state index is 12.9. The van der Waals surface area contributed by atoms with E-state index in [0.29, 0.717) is 30.0 Å². The number of nitrogens with zero attached hydrogens (tertiary/aromatic N) is 2. The standard InChI is InChI=1S/C22H18N2O3S/c25-17-13-19(27-18-7-3-1-5-15(17)18)22(26)24-11-9-14(10-12-24)21-23-16-6-2-4-8-20(16)28-21/h1-8,13-14H,9-12H2. The molecule has 0 N–H and O–H groups in total. The summed E-state index contributed by atoms with van der Waals surface area (Å²) in [7, 11) is 0. The van der Waals surface area contributed by atoms with Crippen LogP contribution in [0.4, 0.5) is 0 Å². The van der Waals surface area contributed by atoms with Gasteiger partial charge in [0.2, 0.25) is 0 Å². The second kappa shape index (κ2) is 6.87. The van der Waals surface area contributed by atoms with Crippen molar-refractivity contribution in [2.45, 2.75) is 18.8 Å². The molecule has 0 aliphatic carbocycles. The number of piperidine rings is 1. The molecule has 6 heteroatoms. The average Bonchev–Trinajstić information content (AvgIpc) is 3.18. The Morgan fingerprint density at radius 2 is 1.82 bits per heavy atom. The fraction of sp³-hybridized carbons (Fsp3) is 0.227. The highest BCUT2D eigenvalue weighted by Crippen LogP contribution is 2.34. The van der Waals surface area contributed by atoms with Crippen LogP contribution in [0.25, 0.3) is 21.2 Å². The normalized spacial score (nSPS) is 15.4. The summed E-state index contributed by atoms with van der Waals surface area (Å²) in [5.41, 5.74) is 1.30. The van der Waals surface area contributed by atoms with Crippen molar-refractivity contribution in [1.82, 2.24) is 9.88 Å². The Balaban J connectivity index is 1.34. The first-order valence-corrected chi connectivity index (χ1v) is 10.2. The number of carbonyl (C=O) groups is 1. The largest absolute Gasteiger partial charge is 0.451 e. The van der Waals surface area contributed by atoms with Crippen molar-refractivity contribution < 1.29 is 9.21 Å². The van der Waals surface area contributed by atoms with E-state index in [-0.39, 0.29) is 17.1 Å². The van der Waals surface area contributed by atoms with Crippen LogP contribution in [0, 0.1) is 0 Å². The number of rotatable bonds is 2. The Kier molecular flexibility index (Phi) is 4.20. The first-order chi connectivity index (χ1) is 13.7. The zero-order valence-corrected chi connectivity index (χ0v) is 15.9. The van der Waals surface area contributed by atoms with Crippen LogP contribution in [-0.2, 0) is 0 Å². The summed E-state index contributed by atoms with van der Waals surface area (Å²) in [5, 5.41) is 1.64. The second-order valence-electron chi connectivity index (χ2n) is 7.06. The molecule has 2 aromatic carbocycles. The van der Waals surface area contributed by atoms with Gasteiger partial charge < -0.3 is 9.32 Å². The monoisotopic (exact) mass is 390 g/mol. The second-order valence-corrected chi connectivity index (χ2v) is 8.12. The number of benzene rings is 2. The molecule has 0 radical (unpaired) electrons. The molecule has 0 unspecified atom stereocenters. The molecule has 0 bridgehead atoms. The van der Waals surface area contributed by atoms with Crippen molar-refractivity contribution in [2.24, 2.45) is 0 Å². The minimum atomic E-state index is -0.217. The lowest BCUT2D eigenvalue weighted by Gasteiger charge is -2.30. The molecule has 1 aliphatic heterocycles. The van der Waals surface area contributed by atoms with Crippen molar-refractivity contribution in [3.63, 3.8) is 0 Å². The van der Waals surface area contributed by atoms with E-state index in [1.807, 2.05) is 18.2 Å². The van der Waals surface area contributed by atoms with Gasteiger partial charge in [-0.2, -0.15) is 0 Å². The van der Waals surface area contributed by atoms with Gasteiger partial charge in [-0.05, 0) is 37.1 Å². The molecular formula is C22H18N2O3S. The van der Waals surface area contributed by atoms with E-state index in [1.165, 1.54) is 10.8 Å². The number of carbonyl (C=O) groups excluding carboxylic acids is 1. The Labute approximate surface area is 165 Å². The molecule has 0 atom stereocenters. The van der Waals surface area contributed by atoms with E-state index in [1.54, 1.807) is 40.5 Å². The van der Waals surface area contributed by atoms with E-state index >= 15 is 0 Å². The molecular weight excluding hydrogens is 372 g/mol. The molecule has 4 aromatic rings. The summed E-state index contributed by atoms with van der Waals surface area (Å²) in [6, 6.07) is 16.5. The third kappa shape index (κ3) is 2.99. The van der Waals surface area contributed by atoms with Gasteiger partial charge in [0.25, 0.3) is 5.91 Å². The molecule has 1 saturated heterocycles. The summed E-state index contributed by atoms with van der Waals surface area (Å²) in [6.45, 7) is 1.27. The maximum absolute atomic E-state index is 12.9. The Hall–Kier alpha value is -2.99. The molecule has 0 saturated carbocycles. The zero-order chi connectivity index (χ0) is 19.1. The van der Waals surface area contributed by atoms with Crippen LogP contribution in [-0.4, -0.2) is 28.9 Å². The average molecular weight is 390 g/mol. The molecule has 1 amide bonds. The minimum Gasteiger partial charge on any atom is -0.451 e. The fourth-order valence-electron chi connectivity index (χ4n) is 3.76. The van der Waals surface area contributed by atoms with E-state index in [4.69, 9.17) is 9.40 Å². The summed E-state index contributed by atoms with van der Waals surface area (Å²) < 4.78 is 6.91. The van der Waals surface area contributed by atoms with Crippen LogP contribution in [0.5, 0.6) is 0 Å². The number of likely N-dealkylation sites (tertiary alicyclic amines) is 1. The van der Waals surface area contributed by atoms with Gasteiger partial charge >= 0.3 is 0 Å². The predicted octanol–water partition coefficient (Wildman–Crippen LogP) is 4.42. The highest BCUT2D eigenvalue weighted by Gasteiger charge is 2.28. The number of amides is 1. The maximum Gasteiger partial charge on any atom is 0.289 e. The molecule has 1 aliphatic rings. The molecule has 0 spiro atoms. The third-order valence-electron chi connectivity index (χ3n) is 5.29. The van der Waals surface area contributed by atoms with Crippen LogP contribution in [0.1, 0.15) is 34.3 Å². The molecule has 5 rings (SSSR count). The van der Waals surface area contributed by atoms with Crippen LogP contribution in [0.15, 0.2) is 63.8 Å². The van der Waals surface area contributed by atoms with Gasteiger partial charge in [-0.3, -0.25) is 9.59 Å². The molecule has 28 heavy (non-hydrogen) atoms. The topological polar surface area (TPSA) is 63.4 Å². The number of thiazole rings is 1. The number of hydrogen-bond donors (Lipinski definition) is 0. The lowest BCUT2D eigenvalue weighted by molar-refractivity contribution is 0.0681. The summed E-state index contributed by atoms with van der Waals surface area (Å²) in [4.78, 5) is 31.7. The van der Waals surface area contributed by atoms with E-state index in [0.717, 1.165) is 23.4 Å². The highest BCUT2D eigenvalue weighted by atomic mass is 32.1. The molecule has 3 heterocycles. The summed E-state index contributed by atoms with van der Waals surface area (Å²) >= 11 is 1.74. The van der Waals surface area contributed by atoms with Crippen LogP contribution in [0.3, 0.4) is 0 Å². The van der Waals surface area contributed by atoms with Gasteiger partial charge in [-0.25, -0.2) is 4.98 Å². The van der Waals surface area contributed by atoms with Crippen molar-refractivity contribution in [1.29, 1.82) is 0 Å². The minimum absolute atomic E-state index is 0.113. The van der Waals surface area contributed by atoms with Gasteiger partial charge in [0.05, 0.1) is 20.6 Å². The Morgan fingerprint density at radius 1 is 1.07 bits per heavy atom. The SMILES string of the molecule is O=C(c1cc(=O)c2ccccc2o1)N1CCC(c2nc3ccccc3s2)CC1. The smallest absolute Gasteiger partial charge is 0.289 e. The summed E-state index contributed by atoms with van der Waals surface area (Å²) in [5.74, 6) is 0.262. The lowest BCUT2D eigenvalue weighted by atomic mass is 9.97. The number of aromatic nitrogens is 1. The van der Waals surface area contributed by atoms with Crippen LogP contribution >= 0.6 is 11.3 Å². The van der Waals surface area contributed by atoms with Gasteiger partial charge in [0.15, 0.2) is 11.2 Å². The molecule has 140 valence electrons. The Morgan fingerprint density at radius 3 is 2.64 bits per heavy atom. The van der Waals surface area contributed by atoms with Crippen molar-refractivity contribution in [3.8, 4) is 0 Å². The molecule has 2 aromatic heterocycles. The van der Waals surface area contributed by atoms with Crippen molar-refractivity contribution in [2.75, 3.05) is 13.1 Å². The van der Waals surface area contributed by atoms with E-state index in [2.05, 4.69) is 6.07 Å². The van der Waals surface area contributed by atoms with Crippen LogP contribution < -0.4 is 5.43 Å². The van der Waals surface area contributed by atoms with Gasteiger partial charge in [-0.1, -0.05) is 24.3 Å². The third-order valence-corrected chi connectivity index (χ3v) is 6.49. The van der Waals surface area contributed by atoms with E-state index in [9.17, 15) is 9.59 Å². The van der Waals surface area contributed by atoms with E-state index < -0.39 is 0 Å². The first-order valence-electron chi connectivity index (χ1n) is 9.37. The van der Waals surface area contributed by atoms with Crippen molar-refractivity contribution >= 4 is 38.4 Å². The Bertz CT molecular complexity index is 1200. The van der Waals surface area contributed by atoms with Gasteiger partial charge in [0.1, 0.15) is 5.58 Å². The number of hydrogen-bond acceptors (Lipinski definition) is 5. The number of fused-ring (bicyclic) bond motifs is 2. The molecule has 1 fully saturated rings. The number of para-hydroxylation sites is 2. The lowest BCUT2D eigenvalue weighted by Crippen LogP contribution is -2.38. The zero-order valence-electron chi connectivity index (χ0n) is 15.1. The van der Waals surface area contributed by atoms with Gasteiger partial charge in [0, 0.05) is 25.1 Å². The predicted molar refractivity (Wildman–Crippen MR) is 110 cm³/mol. The van der Waals surface area contributed by atoms with Crippen molar-refractivity contribution in [3.05, 3.63) is 75.6 Å². The molecule has 5 nitrogen and oxygen atoms in total. The van der Waals surface area contributed by atoms with Gasteiger partial charge in [-0.15, -0.1) is 11.3 Å². The fourth-order valence-corrected chi connectivity index (χ4v) is 4.90. The first kappa shape index (κ1) is 17.1. The van der Waals surface area contributed by atoms with Crippen LogP contribution in [0.2, 0.25) is 0 Å². The highest BCUT2D eigenvalue weighted by molar-refractivity contribution is 7.18. The summed E-state index contributed by atoms with van der Waals surface area (Å²) in [6.07, 6.45) is 1.73. The quantitative estimate of drug-likeness (QED) is 0.508.